The van der Waals surface area contributed by atoms with Crippen LogP contribution in [0.2, 0.25) is 0 Å². The van der Waals surface area contributed by atoms with Crippen LogP contribution in [0.5, 0.6) is 0 Å². The smallest absolute Gasteiger partial charge is 0.0195 e. The Kier molecular flexibility index (Phi) is 5.05. The second-order valence-electron chi connectivity index (χ2n) is 6.39. The average Bonchev–Trinajstić information content (AvgIpc) is 2.78. The van der Waals surface area contributed by atoms with Crippen LogP contribution in [0.15, 0.2) is 0 Å². The third kappa shape index (κ3) is 3.25. The molecule has 0 radical (unpaired) electrons. The molecular weight excluding hydrogens is 222 g/mol. The lowest BCUT2D eigenvalue weighted by atomic mass is 9.81. The van der Waals surface area contributed by atoms with E-state index in [9.17, 15) is 0 Å². The van der Waals surface area contributed by atoms with Gasteiger partial charge in [0.25, 0.3) is 0 Å². The summed E-state index contributed by atoms with van der Waals surface area (Å²) in [5.41, 5.74) is 0.572. The Balaban J connectivity index is 1.88. The van der Waals surface area contributed by atoms with E-state index in [1.54, 1.807) is 0 Å². The van der Waals surface area contributed by atoms with Crippen molar-refractivity contribution in [2.75, 3.05) is 45.8 Å². The van der Waals surface area contributed by atoms with Crippen molar-refractivity contribution in [1.82, 2.24) is 15.1 Å². The maximum absolute atomic E-state index is 3.58. The lowest BCUT2D eigenvalue weighted by Crippen LogP contribution is -2.54. The molecule has 0 spiro atoms. The zero-order valence-corrected chi connectivity index (χ0v) is 12.5. The summed E-state index contributed by atoms with van der Waals surface area (Å²) in [6, 6.07) is 0.733. The van der Waals surface area contributed by atoms with Gasteiger partial charge in [-0.15, -0.1) is 0 Å². The number of nitrogens with zero attached hydrogens (tertiary/aromatic N) is 2. The van der Waals surface area contributed by atoms with Crippen molar-refractivity contribution in [3.63, 3.8) is 0 Å². The van der Waals surface area contributed by atoms with Gasteiger partial charge in [0.1, 0.15) is 0 Å². The molecule has 3 heteroatoms. The fourth-order valence-electron chi connectivity index (χ4n) is 3.91. The maximum atomic E-state index is 3.58. The van der Waals surface area contributed by atoms with Crippen LogP contribution in [0, 0.1) is 5.41 Å². The van der Waals surface area contributed by atoms with E-state index in [1.165, 1.54) is 65.1 Å². The molecule has 2 aliphatic heterocycles. The average molecular weight is 253 g/mol. The first-order valence-electron chi connectivity index (χ1n) is 7.86. The van der Waals surface area contributed by atoms with Gasteiger partial charge in [-0.2, -0.15) is 0 Å². The van der Waals surface area contributed by atoms with Crippen LogP contribution in [-0.2, 0) is 0 Å². The topological polar surface area (TPSA) is 18.5 Å². The molecule has 2 aliphatic rings. The Bertz CT molecular complexity index is 248. The minimum Gasteiger partial charge on any atom is -0.316 e. The standard InChI is InChI=1S/C15H31N3/c1-4-6-15(7-8-16-12-15)13-17-9-10-18(5-2)14(3)11-17/h14,16H,4-13H2,1-3H3. The number of piperazine rings is 1. The number of hydrogen-bond acceptors (Lipinski definition) is 3. The molecule has 2 saturated heterocycles. The Morgan fingerprint density at radius 2 is 2.11 bits per heavy atom. The Hall–Kier alpha value is -0.120. The molecule has 0 aliphatic carbocycles. The fourth-order valence-corrected chi connectivity index (χ4v) is 3.91. The quantitative estimate of drug-likeness (QED) is 0.806. The molecule has 2 atom stereocenters. The molecule has 2 unspecified atom stereocenters. The summed E-state index contributed by atoms with van der Waals surface area (Å²) in [7, 11) is 0. The van der Waals surface area contributed by atoms with Crippen molar-refractivity contribution in [1.29, 1.82) is 0 Å². The first-order chi connectivity index (χ1) is 8.69. The largest absolute Gasteiger partial charge is 0.316 e. The van der Waals surface area contributed by atoms with E-state index in [0.29, 0.717) is 5.41 Å². The van der Waals surface area contributed by atoms with Crippen LogP contribution in [-0.4, -0.2) is 61.7 Å². The predicted molar refractivity (Wildman–Crippen MR) is 78.0 cm³/mol. The van der Waals surface area contributed by atoms with Crippen LogP contribution >= 0.6 is 0 Å². The molecule has 2 heterocycles. The Labute approximate surface area is 113 Å². The summed E-state index contributed by atoms with van der Waals surface area (Å²) in [4.78, 5) is 5.33. The molecule has 0 saturated carbocycles. The summed E-state index contributed by atoms with van der Waals surface area (Å²) < 4.78 is 0. The molecule has 2 fully saturated rings. The van der Waals surface area contributed by atoms with Gasteiger partial charge in [-0.1, -0.05) is 20.3 Å². The SMILES string of the molecule is CCCC1(CN2CCN(CC)C(C)C2)CCNC1. The van der Waals surface area contributed by atoms with Gasteiger partial charge in [0.2, 0.25) is 0 Å². The second-order valence-corrected chi connectivity index (χ2v) is 6.39. The minimum absolute atomic E-state index is 0.572. The molecule has 0 aromatic carbocycles. The zero-order valence-electron chi connectivity index (χ0n) is 12.5. The van der Waals surface area contributed by atoms with Crippen LogP contribution in [0.3, 0.4) is 0 Å². The van der Waals surface area contributed by atoms with E-state index >= 15 is 0 Å². The summed E-state index contributed by atoms with van der Waals surface area (Å²) in [6.45, 7) is 15.8. The van der Waals surface area contributed by atoms with Gasteiger partial charge < -0.3 is 5.32 Å². The third-order valence-corrected chi connectivity index (χ3v) is 4.93. The summed E-state index contributed by atoms with van der Waals surface area (Å²) in [6.07, 6.45) is 4.09. The van der Waals surface area contributed by atoms with Crippen molar-refractivity contribution in [2.45, 2.75) is 46.1 Å². The molecule has 3 nitrogen and oxygen atoms in total. The predicted octanol–water partition coefficient (Wildman–Crippen LogP) is 1.79. The molecule has 18 heavy (non-hydrogen) atoms. The fraction of sp³-hybridized carbons (Fsp3) is 1.00. The van der Waals surface area contributed by atoms with Crippen LogP contribution in [0.1, 0.15) is 40.0 Å². The third-order valence-electron chi connectivity index (χ3n) is 4.93. The molecular formula is C15H31N3. The van der Waals surface area contributed by atoms with Crippen molar-refractivity contribution in [3.05, 3.63) is 0 Å². The molecule has 1 N–H and O–H groups in total. The van der Waals surface area contributed by atoms with Gasteiger partial charge in [-0.3, -0.25) is 9.80 Å². The number of likely N-dealkylation sites (N-methyl/N-ethyl adjacent to an activating group) is 1. The van der Waals surface area contributed by atoms with Crippen LogP contribution in [0.4, 0.5) is 0 Å². The van der Waals surface area contributed by atoms with Crippen molar-refractivity contribution in [3.8, 4) is 0 Å². The Morgan fingerprint density at radius 1 is 1.28 bits per heavy atom. The van der Waals surface area contributed by atoms with Crippen LogP contribution < -0.4 is 5.32 Å². The van der Waals surface area contributed by atoms with Crippen molar-refractivity contribution < 1.29 is 0 Å². The van der Waals surface area contributed by atoms with Gasteiger partial charge in [0.05, 0.1) is 0 Å². The molecule has 106 valence electrons. The lowest BCUT2D eigenvalue weighted by Gasteiger charge is -2.43. The van der Waals surface area contributed by atoms with Gasteiger partial charge >= 0.3 is 0 Å². The molecule has 0 aromatic heterocycles. The minimum atomic E-state index is 0.572. The lowest BCUT2D eigenvalue weighted by molar-refractivity contribution is 0.0553. The first kappa shape index (κ1) is 14.3. The van der Waals surface area contributed by atoms with Crippen molar-refractivity contribution >= 4 is 0 Å². The number of rotatable bonds is 5. The van der Waals surface area contributed by atoms with E-state index in [2.05, 4.69) is 35.9 Å². The Morgan fingerprint density at radius 3 is 2.67 bits per heavy atom. The van der Waals surface area contributed by atoms with E-state index in [1.807, 2.05) is 0 Å². The zero-order chi connectivity index (χ0) is 13.0. The van der Waals surface area contributed by atoms with E-state index in [4.69, 9.17) is 0 Å². The molecule has 0 aromatic rings. The number of nitrogens with one attached hydrogen (secondary N) is 1. The summed E-state index contributed by atoms with van der Waals surface area (Å²) in [5.74, 6) is 0. The number of hydrogen-bond donors (Lipinski definition) is 1. The van der Waals surface area contributed by atoms with E-state index in [-0.39, 0.29) is 0 Å². The van der Waals surface area contributed by atoms with Gasteiger partial charge in [-0.25, -0.2) is 0 Å². The summed E-state index contributed by atoms with van der Waals surface area (Å²) in [5, 5.41) is 3.58. The molecule has 2 rings (SSSR count). The highest BCUT2D eigenvalue weighted by Crippen LogP contribution is 2.32. The summed E-state index contributed by atoms with van der Waals surface area (Å²) >= 11 is 0. The molecule has 0 bridgehead atoms. The highest BCUT2D eigenvalue weighted by molar-refractivity contribution is 4.92. The van der Waals surface area contributed by atoms with Gasteiger partial charge in [0.15, 0.2) is 0 Å². The molecule has 0 amide bonds. The first-order valence-corrected chi connectivity index (χ1v) is 7.86. The normalized spacial score (nSPS) is 35.2. The van der Waals surface area contributed by atoms with E-state index < -0.39 is 0 Å². The highest BCUT2D eigenvalue weighted by atomic mass is 15.3. The highest BCUT2D eigenvalue weighted by Gasteiger charge is 2.36. The second kappa shape index (κ2) is 6.36. The van der Waals surface area contributed by atoms with Gasteiger partial charge in [0, 0.05) is 38.8 Å². The van der Waals surface area contributed by atoms with Crippen molar-refractivity contribution in [2.24, 2.45) is 5.41 Å². The van der Waals surface area contributed by atoms with E-state index in [0.717, 1.165) is 6.04 Å². The maximum Gasteiger partial charge on any atom is 0.0195 e. The van der Waals surface area contributed by atoms with Gasteiger partial charge in [-0.05, 0) is 38.3 Å². The monoisotopic (exact) mass is 253 g/mol. The van der Waals surface area contributed by atoms with Crippen LogP contribution in [0.25, 0.3) is 0 Å².